The second kappa shape index (κ2) is 5.27. The molecule has 3 rings (SSSR count). The molecule has 0 aliphatic heterocycles. The standard InChI is InChI=1S/C16H18O4/c17-15(18)13-11-6-7-12(8-11)14(13)16(19)20-9-10-4-2-1-3-5-10/h1-5,11-14H,6-9H2,(H,17,18)/t11-,12+,13?,14?/m1/s1. The molecule has 0 amide bonds. The van der Waals surface area contributed by atoms with Crippen molar-refractivity contribution in [3.8, 4) is 0 Å². The minimum absolute atomic E-state index is 0.159. The Morgan fingerprint density at radius 2 is 1.75 bits per heavy atom. The molecule has 0 aromatic heterocycles. The van der Waals surface area contributed by atoms with E-state index >= 15 is 0 Å². The van der Waals surface area contributed by atoms with Crippen LogP contribution in [0.3, 0.4) is 0 Å². The van der Waals surface area contributed by atoms with E-state index in [2.05, 4.69) is 0 Å². The van der Waals surface area contributed by atoms with E-state index in [-0.39, 0.29) is 24.4 Å². The highest BCUT2D eigenvalue weighted by Gasteiger charge is 2.54. The average molecular weight is 274 g/mol. The van der Waals surface area contributed by atoms with Gasteiger partial charge < -0.3 is 9.84 Å². The van der Waals surface area contributed by atoms with Gasteiger partial charge in [0.25, 0.3) is 0 Å². The maximum absolute atomic E-state index is 12.2. The van der Waals surface area contributed by atoms with Crippen molar-refractivity contribution in [1.82, 2.24) is 0 Å². The maximum Gasteiger partial charge on any atom is 0.310 e. The second-order valence-electron chi connectivity index (χ2n) is 5.82. The predicted molar refractivity (Wildman–Crippen MR) is 71.7 cm³/mol. The molecule has 0 radical (unpaired) electrons. The van der Waals surface area contributed by atoms with Crippen LogP contribution in [-0.2, 0) is 20.9 Å². The Morgan fingerprint density at radius 3 is 2.40 bits per heavy atom. The zero-order chi connectivity index (χ0) is 14.1. The van der Waals surface area contributed by atoms with E-state index in [4.69, 9.17) is 4.74 Å². The number of esters is 1. The van der Waals surface area contributed by atoms with Gasteiger partial charge in [-0.1, -0.05) is 30.3 Å². The largest absolute Gasteiger partial charge is 0.481 e. The molecule has 4 atom stereocenters. The Hall–Kier alpha value is -1.84. The van der Waals surface area contributed by atoms with Crippen molar-refractivity contribution < 1.29 is 19.4 Å². The average Bonchev–Trinajstić information content (AvgIpc) is 3.06. The normalized spacial score (nSPS) is 31.2. The van der Waals surface area contributed by atoms with Gasteiger partial charge in [0, 0.05) is 0 Å². The third kappa shape index (κ3) is 2.30. The van der Waals surface area contributed by atoms with Gasteiger partial charge in [0.15, 0.2) is 0 Å². The van der Waals surface area contributed by atoms with E-state index in [0.29, 0.717) is 0 Å². The van der Waals surface area contributed by atoms with E-state index in [9.17, 15) is 14.7 Å². The highest BCUT2D eigenvalue weighted by Crippen LogP contribution is 2.52. The molecule has 2 fully saturated rings. The third-order valence-electron chi connectivity index (χ3n) is 4.70. The van der Waals surface area contributed by atoms with Crippen LogP contribution in [0, 0.1) is 23.7 Å². The summed E-state index contributed by atoms with van der Waals surface area (Å²) >= 11 is 0. The molecule has 1 aromatic rings. The number of aliphatic carboxylic acids is 1. The molecule has 2 aliphatic carbocycles. The van der Waals surface area contributed by atoms with E-state index in [1.165, 1.54) is 0 Å². The van der Waals surface area contributed by atoms with Crippen molar-refractivity contribution >= 4 is 11.9 Å². The Morgan fingerprint density at radius 1 is 1.10 bits per heavy atom. The van der Waals surface area contributed by atoms with Crippen LogP contribution < -0.4 is 0 Å². The maximum atomic E-state index is 12.2. The van der Waals surface area contributed by atoms with E-state index in [1.54, 1.807) is 0 Å². The van der Waals surface area contributed by atoms with Gasteiger partial charge >= 0.3 is 11.9 Å². The number of benzene rings is 1. The lowest BCUT2D eigenvalue weighted by Crippen LogP contribution is -2.35. The molecule has 2 unspecified atom stereocenters. The van der Waals surface area contributed by atoms with Crippen LogP contribution in [-0.4, -0.2) is 17.0 Å². The van der Waals surface area contributed by atoms with Crippen molar-refractivity contribution in [2.24, 2.45) is 23.7 Å². The fraction of sp³-hybridized carbons (Fsp3) is 0.500. The Labute approximate surface area is 117 Å². The number of rotatable bonds is 4. The minimum atomic E-state index is -0.848. The number of ether oxygens (including phenoxy) is 1. The second-order valence-corrected chi connectivity index (χ2v) is 5.82. The molecule has 2 aliphatic rings. The Kier molecular flexibility index (Phi) is 3.47. The zero-order valence-electron chi connectivity index (χ0n) is 11.2. The molecular weight excluding hydrogens is 256 g/mol. The first-order chi connectivity index (χ1) is 9.66. The van der Waals surface area contributed by atoms with Crippen LogP contribution in [0.4, 0.5) is 0 Å². The third-order valence-corrected chi connectivity index (χ3v) is 4.70. The highest BCUT2D eigenvalue weighted by atomic mass is 16.5. The first-order valence-corrected chi connectivity index (χ1v) is 7.10. The molecule has 0 spiro atoms. The molecule has 4 nitrogen and oxygen atoms in total. The SMILES string of the molecule is O=C(O)C1C(C(=O)OCc2ccccc2)[C@H]2CC[C@@H]1C2. The van der Waals surface area contributed by atoms with Crippen molar-refractivity contribution in [3.63, 3.8) is 0 Å². The summed E-state index contributed by atoms with van der Waals surface area (Å²) in [7, 11) is 0. The molecule has 2 bridgehead atoms. The van der Waals surface area contributed by atoms with E-state index in [0.717, 1.165) is 24.8 Å². The summed E-state index contributed by atoms with van der Waals surface area (Å²) in [4.78, 5) is 23.6. The van der Waals surface area contributed by atoms with Gasteiger partial charge in [-0.3, -0.25) is 9.59 Å². The van der Waals surface area contributed by atoms with Gasteiger partial charge in [-0.15, -0.1) is 0 Å². The first kappa shape index (κ1) is 13.2. The number of carboxylic acids is 1. The first-order valence-electron chi connectivity index (χ1n) is 7.10. The number of carbonyl (C=O) groups excluding carboxylic acids is 1. The molecule has 4 heteroatoms. The molecule has 1 N–H and O–H groups in total. The summed E-state index contributed by atoms with van der Waals surface area (Å²) in [6.07, 6.45) is 2.76. The van der Waals surface area contributed by atoms with Crippen LogP contribution in [0.25, 0.3) is 0 Å². The van der Waals surface area contributed by atoms with Crippen molar-refractivity contribution in [1.29, 1.82) is 0 Å². The fourth-order valence-electron chi connectivity index (χ4n) is 3.81. The molecular formula is C16H18O4. The number of hydrogen-bond donors (Lipinski definition) is 1. The van der Waals surface area contributed by atoms with Crippen molar-refractivity contribution in [2.75, 3.05) is 0 Å². The van der Waals surface area contributed by atoms with Gasteiger partial charge in [-0.05, 0) is 36.7 Å². The summed E-state index contributed by atoms with van der Waals surface area (Å²) in [5, 5.41) is 9.33. The molecule has 2 saturated carbocycles. The predicted octanol–water partition coefficient (Wildman–Crippen LogP) is 2.48. The molecule has 20 heavy (non-hydrogen) atoms. The van der Waals surface area contributed by atoms with Gasteiger partial charge in [0.05, 0.1) is 11.8 Å². The summed E-state index contributed by atoms with van der Waals surface area (Å²) in [5.41, 5.74) is 0.927. The lowest BCUT2D eigenvalue weighted by Gasteiger charge is -2.26. The lowest BCUT2D eigenvalue weighted by atomic mass is 9.79. The van der Waals surface area contributed by atoms with E-state index < -0.39 is 17.8 Å². The topological polar surface area (TPSA) is 63.6 Å². The van der Waals surface area contributed by atoms with Crippen molar-refractivity contribution in [2.45, 2.75) is 25.9 Å². The quantitative estimate of drug-likeness (QED) is 0.857. The van der Waals surface area contributed by atoms with Crippen LogP contribution in [0.2, 0.25) is 0 Å². The number of carboxylic acid groups (broad SMARTS) is 1. The molecule has 0 saturated heterocycles. The monoisotopic (exact) mass is 274 g/mol. The van der Waals surface area contributed by atoms with Crippen LogP contribution in [0.1, 0.15) is 24.8 Å². The summed E-state index contributed by atoms with van der Waals surface area (Å²) in [6.45, 7) is 0.222. The summed E-state index contributed by atoms with van der Waals surface area (Å²) in [6, 6.07) is 9.47. The summed E-state index contributed by atoms with van der Waals surface area (Å²) in [5.74, 6) is -1.82. The fourth-order valence-corrected chi connectivity index (χ4v) is 3.81. The lowest BCUT2D eigenvalue weighted by molar-refractivity contribution is -0.161. The highest BCUT2D eigenvalue weighted by molar-refractivity contribution is 5.82. The van der Waals surface area contributed by atoms with Crippen molar-refractivity contribution in [3.05, 3.63) is 35.9 Å². The Balaban J connectivity index is 1.66. The number of hydrogen-bond acceptors (Lipinski definition) is 3. The van der Waals surface area contributed by atoms with E-state index in [1.807, 2.05) is 30.3 Å². The summed E-state index contributed by atoms with van der Waals surface area (Å²) < 4.78 is 5.34. The van der Waals surface area contributed by atoms with Crippen LogP contribution >= 0.6 is 0 Å². The zero-order valence-corrected chi connectivity index (χ0v) is 11.2. The smallest absolute Gasteiger partial charge is 0.310 e. The van der Waals surface area contributed by atoms with Gasteiger partial charge in [-0.25, -0.2) is 0 Å². The van der Waals surface area contributed by atoms with Crippen LogP contribution in [0.5, 0.6) is 0 Å². The minimum Gasteiger partial charge on any atom is -0.481 e. The molecule has 1 aromatic carbocycles. The molecule has 0 heterocycles. The van der Waals surface area contributed by atoms with Gasteiger partial charge in [0.2, 0.25) is 0 Å². The number of carbonyl (C=O) groups is 2. The Bertz CT molecular complexity index is 510. The number of fused-ring (bicyclic) bond motifs is 2. The van der Waals surface area contributed by atoms with Crippen LogP contribution in [0.15, 0.2) is 30.3 Å². The molecule has 106 valence electrons. The van der Waals surface area contributed by atoms with Gasteiger partial charge in [0.1, 0.15) is 6.61 Å². The van der Waals surface area contributed by atoms with Gasteiger partial charge in [-0.2, -0.15) is 0 Å².